The quantitative estimate of drug-likeness (QED) is 0.899. The lowest BCUT2D eigenvalue weighted by atomic mass is 9.95. The van der Waals surface area contributed by atoms with Crippen molar-refractivity contribution in [3.63, 3.8) is 0 Å². The van der Waals surface area contributed by atoms with Crippen LogP contribution in [0.5, 0.6) is 0 Å². The molecule has 0 spiro atoms. The van der Waals surface area contributed by atoms with Crippen molar-refractivity contribution in [1.82, 2.24) is 15.5 Å². The second-order valence-corrected chi connectivity index (χ2v) is 7.01. The summed E-state index contributed by atoms with van der Waals surface area (Å²) in [7, 11) is 0. The molecule has 3 rings (SSSR count). The van der Waals surface area contributed by atoms with Crippen molar-refractivity contribution in [3.05, 3.63) is 11.7 Å². The fraction of sp³-hybridized carbons (Fsp3) is 0.857. The van der Waals surface area contributed by atoms with Gasteiger partial charge in [0.2, 0.25) is 5.89 Å². The molecule has 1 aromatic heterocycles. The van der Waals surface area contributed by atoms with Gasteiger partial charge in [0.25, 0.3) is 0 Å². The molecule has 1 saturated heterocycles. The number of hydrogen-bond donors (Lipinski definition) is 1. The van der Waals surface area contributed by atoms with Crippen molar-refractivity contribution < 1.29 is 4.52 Å². The molecule has 4 nitrogen and oxygen atoms in total. The minimum Gasteiger partial charge on any atom is -0.339 e. The van der Waals surface area contributed by atoms with Crippen LogP contribution in [0.15, 0.2) is 4.52 Å². The third-order valence-electron chi connectivity index (χ3n) is 4.18. The molecule has 0 unspecified atom stereocenters. The summed E-state index contributed by atoms with van der Waals surface area (Å²) in [6.07, 6.45) is 8.94. The van der Waals surface area contributed by atoms with Gasteiger partial charge >= 0.3 is 0 Å². The van der Waals surface area contributed by atoms with E-state index in [9.17, 15) is 0 Å². The van der Waals surface area contributed by atoms with E-state index in [1.807, 2.05) is 11.8 Å². The molecule has 1 aliphatic heterocycles. The summed E-state index contributed by atoms with van der Waals surface area (Å²) >= 11 is 2.00. The molecule has 0 amide bonds. The normalized spacial score (nSPS) is 22.1. The van der Waals surface area contributed by atoms with Crippen molar-refractivity contribution in [3.8, 4) is 0 Å². The number of aromatic nitrogens is 2. The monoisotopic (exact) mass is 281 g/mol. The molecule has 1 aliphatic carbocycles. The molecule has 19 heavy (non-hydrogen) atoms. The van der Waals surface area contributed by atoms with Gasteiger partial charge in [-0.1, -0.05) is 18.0 Å². The fourth-order valence-electron chi connectivity index (χ4n) is 3.01. The Kier molecular flexibility index (Phi) is 4.77. The topological polar surface area (TPSA) is 51.0 Å². The Hall–Kier alpha value is -0.550. The number of piperidine rings is 1. The van der Waals surface area contributed by atoms with Crippen LogP contribution in [0.1, 0.15) is 50.2 Å². The van der Waals surface area contributed by atoms with E-state index in [4.69, 9.17) is 4.52 Å². The van der Waals surface area contributed by atoms with Gasteiger partial charge in [0.15, 0.2) is 5.82 Å². The van der Waals surface area contributed by atoms with Crippen molar-refractivity contribution in [2.75, 3.05) is 13.1 Å². The first-order valence-electron chi connectivity index (χ1n) is 7.54. The molecule has 0 bridgehead atoms. The highest BCUT2D eigenvalue weighted by Gasteiger charge is 2.19. The molecular weight excluding hydrogens is 258 g/mol. The van der Waals surface area contributed by atoms with Gasteiger partial charge in [0.05, 0.1) is 5.75 Å². The average Bonchev–Trinajstić information content (AvgIpc) is 3.09. The van der Waals surface area contributed by atoms with Crippen molar-refractivity contribution in [1.29, 1.82) is 0 Å². The Balaban J connectivity index is 1.45. The number of nitrogens with one attached hydrogen (secondary N) is 1. The Morgan fingerprint density at radius 2 is 1.95 bits per heavy atom. The summed E-state index contributed by atoms with van der Waals surface area (Å²) in [4.78, 5) is 4.55. The number of nitrogens with zero attached hydrogens (tertiary/aromatic N) is 2. The Bertz CT molecular complexity index is 384. The average molecular weight is 281 g/mol. The summed E-state index contributed by atoms with van der Waals surface area (Å²) in [6, 6.07) is 0. The number of rotatable bonds is 5. The minimum absolute atomic E-state index is 0.719. The molecule has 2 aliphatic rings. The van der Waals surface area contributed by atoms with Crippen molar-refractivity contribution in [2.24, 2.45) is 5.92 Å². The van der Waals surface area contributed by atoms with Crippen LogP contribution in [0.3, 0.4) is 0 Å². The maximum Gasteiger partial charge on any atom is 0.226 e. The third-order valence-corrected chi connectivity index (χ3v) is 5.55. The molecule has 0 atom stereocenters. The molecular formula is C14H23N3OS. The van der Waals surface area contributed by atoms with Gasteiger partial charge in [0.1, 0.15) is 0 Å². The molecule has 1 aromatic rings. The largest absolute Gasteiger partial charge is 0.339 e. The van der Waals surface area contributed by atoms with Gasteiger partial charge in [0, 0.05) is 11.7 Å². The molecule has 1 N–H and O–H groups in total. The number of hydrogen-bond acceptors (Lipinski definition) is 5. The van der Waals surface area contributed by atoms with Crippen LogP contribution < -0.4 is 5.32 Å². The first-order valence-corrected chi connectivity index (χ1v) is 8.59. The molecule has 2 heterocycles. The molecule has 0 radical (unpaired) electrons. The minimum atomic E-state index is 0.719. The van der Waals surface area contributed by atoms with E-state index in [-0.39, 0.29) is 0 Å². The van der Waals surface area contributed by atoms with Gasteiger partial charge in [-0.2, -0.15) is 16.7 Å². The van der Waals surface area contributed by atoms with Crippen LogP contribution in [0.4, 0.5) is 0 Å². The highest BCUT2D eigenvalue weighted by molar-refractivity contribution is 7.99. The van der Waals surface area contributed by atoms with E-state index in [1.165, 1.54) is 38.5 Å². The smallest absolute Gasteiger partial charge is 0.226 e. The molecule has 0 aromatic carbocycles. The zero-order valence-corrected chi connectivity index (χ0v) is 12.3. The number of thioether (sulfide) groups is 1. The lowest BCUT2D eigenvalue weighted by Gasteiger charge is -2.20. The van der Waals surface area contributed by atoms with E-state index >= 15 is 0 Å². The summed E-state index contributed by atoms with van der Waals surface area (Å²) in [5, 5.41) is 8.33. The van der Waals surface area contributed by atoms with Crippen LogP contribution in [0.25, 0.3) is 0 Å². The second kappa shape index (κ2) is 6.75. The molecule has 5 heteroatoms. The maximum atomic E-state index is 5.39. The van der Waals surface area contributed by atoms with E-state index < -0.39 is 0 Å². The van der Waals surface area contributed by atoms with E-state index in [2.05, 4.69) is 15.5 Å². The Morgan fingerprint density at radius 3 is 2.74 bits per heavy atom. The summed E-state index contributed by atoms with van der Waals surface area (Å²) in [5.74, 6) is 3.37. The summed E-state index contributed by atoms with van der Waals surface area (Å²) < 4.78 is 5.39. The summed E-state index contributed by atoms with van der Waals surface area (Å²) in [5.41, 5.74) is 0. The first-order chi connectivity index (χ1) is 9.40. The SMILES string of the molecule is C1CCC(SCc2noc(CC3CCNCC3)n2)C1. The van der Waals surface area contributed by atoms with Gasteiger partial charge in [-0.05, 0) is 44.7 Å². The van der Waals surface area contributed by atoms with E-state index in [0.29, 0.717) is 0 Å². The van der Waals surface area contributed by atoms with Crippen LogP contribution in [-0.2, 0) is 12.2 Å². The zero-order chi connectivity index (χ0) is 12.9. The molecule has 2 fully saturated rings. The fourth-order valence-corrected chi connectivity index (χ4v) is 4.18. The van der Waals surface area contributed by atoms with Crippen LogP contribution in [-0.4, -0.2) is 28.5 Å². The van der Waals surface area contributed by atoms with Crippen LogP contribution in [0, 0.1) is 5.92 Å². The van der Waals surface area contributed by atoms with Gasteiger partial charge in [-0.3, -0.25) is 0 Å². The van der Waals surface area contributed by atoms with Gasteiger partial charge < -0.3 is 9.84 Å². The van der Waals surface area contributed by atoms with Gasteiger partial charge in [-0.25, -0.2) is 0 Å². The van der Waals surface area contributed by atoms with Crippen molar-refractivity contribution in [2.45, 2.75) is 55.9 Å². The molecule has 106 valence electrons. The second-order valence-electron chi connectivity index (χ2n) is 5.72. The molecule has 1 saturated carbocycles. The zero-order valence-electron chi connectivity index (χ0n) is 11.4. The van der Waals surface area contributed by atoms with Crippen LogP contribution >= 0.6 is 11.8 Å². The first kappa shape index (κ1) is 13.4. The third kappa shape index (κ3) is 3.96. The van der Waals surface area contributed by atoms with E-state index in [0.717, 1.165) is 48.1 Å². The predicted octanol–water partition coefficient (Wildman–Crippen LogP) is 2.79. The van der Waals surface area contributed by atoms with Gasteiger partial charge in [-0.15, -0.1) is 0 Å². The highest BCUT2D eigenvalue weighted by Crippen LogP contribution is 2.31. The van der Waals surface area contributed by atoms with Crippen LogP contribution in [0.2, 0.25) is 0 Å². The summed E-state index contributed by atoms with van der Waals surface area (Å²) in [6.45, 7) is 2.26. The van der Waals surface area contributed by atoms with Crippen molar-refractivity contribution >= 4 is 11.8 Å². The van der Waals surface area contributed by atoms with E-state index in [1.54, 1.807) is 0 Å². The standard InChI is InChI=1S/C14H23N3OS/c1-2-4-12(3-1)19-10-13-16-14(18-17-13)9-11-5-7-15-8-6-11/h11-12,15H,1-10H2. The highest BCUT2D eigenvalue weighted by atomic mass is 32.2. The lowest BCUT2D eigenvalue weighted by molar-refractivity contribution is 0.312. The lowest BCUT2D eigenvalue weighted by Crippen LogP contribution is -2.28. The Labute approximate surface area is 119 Å². The maximum absolute atomic E-state index is 5.39. The Morgan fingerprint density at radius 1 is 1.16 bits per heavy atom. The predicted molar refractivity (Wildman–Crippen MR) is 77.1 cm³/mol.